The minimum atomic E-state index is 0.00585. The molecule has 1 fully saturated rings. The summed E-state index contributed by atoms with van der Waals surface area (Å²) in [6, 6.07) is 8.60. The van der Waals surface area contributed by atoms with Crippen molar-refractivity contribution in [3.05, 3.63) is 29.8 Å². The van der Waals surface area contributed by atoms with E-state index < -0.39 is 0 Å². The first-order valence-corrected chi connectivity index (χ1v) is 7.86. The van der Waals surface area contributed by atoms with Crippen LogP contribution in [0.25, 0.3) is 0 Å². The minimum absolute atomic E-state index is 0.00585. The molecular formula is C17H27N3O. The summed E-state index contributed by atoms with van der Waals surface area (Å²) in [7, 11) is 1.94. The average molecular weight is 289 g/mol. The quantitative estimate of drug-likeness (QED) is 0.840. The van der Waals surface area contributed by atoms with Gasteiger partial charge in [0.05, 0.1) is 0 Å². The van der Waals surface area contributed by atoms with Crippen molar-refractivity contribution in [2.24, 2.45) is 5.92 Å². The number of urea groups is 1. The van der Waals surface area contributed by atoms with Gasteiger partial charge in [0, 0.05) is 24.3 Å². The Hall–Kier alpha value is -1.55. The Bertz CT molecular complexity index is 465. The summed E-state index contributed by atoms with van der Waals surface area (Å²) in [5, 5.41) is 6.21. The third-order valence-electron chi connectivity index (χ3n) is 4.13. The van der Waals surface area contributed by atoms with E-state index in [4.69, 9.17) is 0 Å². The highest BCUT2D eigenvalue weighted by molar-refractivity contribution is 5.89. The summed E-state index contributed by atoms with van der Waals surface area (Å²) in [6.45, 7) is 7.13. The largest absolute Gasteiger partial charge is 0.322 e. The van der Waals surface area contributed by atoms with Crippen LogP contribution in [0.5, 0.6) is 0 Å². The Labute approximate surface area is 127 Å². The lowest BCUT2D eigenvalue weighted by Crippen LogP contribution is -2.41. The van der Waals surface area contributed by atoms with E-state index in [2.05, 4.69) is 43.5 Å². The maximum absolute atomic E-state index is 12.4. The fraction of sp³-hybridized carbons (Fsp3) is 0.588. The van der Waals surface area contributed by atoms with Gasteiger partial charge in [0.15, 0.2) is 0 Å². The summed E-state index contributed by atoms with van der Waals surface area (Å²) < 4.78 is 0. The molecule has 116 valence electrons. The SMILES string of the molecule is CNC(C)c1ccc(NC(=O)N(CC2CC2)C(C)C)cc1. The highest BCUT2D eigenvalue weighted by Gasteiger charge is 2.28. The molecule has 0 spiro atoms. The summed E-state index contributed by atoms with van der Waals surface area (Å²) >= 11 is 0. The monoisotopic (exact) mass is 289 g/mol. The molecule has 1 aliphatic rings. The molecule has 4 heteroatoms. The zero-order valence-corrected chi connectivity index (χ0v) is 13.5. The number of benzene rings is 1. The first-order valence-electron chi connectivity index (χ1n) is 7.86. The molecular weight excluding hydrogens is 262 g/mol. The van der Waals surface area contributed by atoms with Crippen molar-refractivity contribution in [1.29, 1.82) is 0 Å². The van der Waals surface area contributed by atoms with E-state index in [-0.39, 0.29) is 12.1 Å². The van der Waals surface area contributed by atoms with E-state index in [1.54, 1.807) is 0 Å². The van der Waals surface area contributed by atoms with Crippen molar-refractivity contribution < 1.29 is 4.79 Å². The predicted molar refractivity (Wildman–Crippen MR) is 87.5 cm³/mol. The van der Waals surface area contributed by atoms with Gasteiger partial charge >= 0.3 is 6.03 Å². The van der Waals surface area contributed by atoms with Crippen LogP contribution in [0, 0.1) is 5.92 Å². The molecule has 1 saturated carbocycles. The van der Waals surface area contributed by atoms with Crippen LogP contribution in [0.2, 0.25) is 0 Å². The Kier molecular flexibility index (Phi) is 5.23. The summed E-state index contributed by atoms with van der Waals surface area (Å²) in [5.74, 6) is 0.706. The summed E-state index contributed by atoms with van der Waals surface area (Å²) in [4.78, 5) is 14.3. The number of carbonyl (C=O) groups excluding carboxylic acids is 1. The molecule has 0 bridgehead atoms. The summed E-state index contributed by atoms with van der Waals surface area (Å²) in [5.41, 5.74) is 2.07. The Morgan fingerprint density at radius 1 is 1.24 bits per heavy atom. The van der Waals surface area contributed by atoms with E-state index in [1.807, 2.05) is 24.1 Å². The molecule has 2 N–H and O–H groups in total. The van der Waals surface area contributed by atoms with E-state index in [0.29, 0.717) is 12.0 Å². The van der Waals surface area contributed by atoms with Crippen LogP contribution < -0.4 is 10.6 Å². The van der Waals surface area contributed by atoms with Crippen molar-refractivity contribution in [3.8, 4) is 0 Å². The molecule has 0 heterocycles. The van der Waals surface area contributed by atoms with Crippen molar-refractivity contribution in [2.45, 2.75) is 45.7 Å². The number of carbonyl (C=O) groups is 1. The second-order valence-electron chi connectivity index (χ2n) is 6.25. The van der Waals surface area contributed by atoms with Gasteiger partial charge in [0.1, 0.15) is 0 Å². The van der Waals surface area contributed by atoms with Crippen LogP contribution in [0.1, 0.15) is 45.2 Å². The third-order valence-corrected chi connectivity index (χ3v) is 4.13. The second kappa shape index (κ2) is 6.94. The molecule has 21 heavy (non-hydrogen) atoms. The van der Waals surface area contributed by atoms with Gasteiger partial charge in [-0.05, 0) is 64.3 Å². The van der Waals surface area contributed by atoms with Crippen molar-refractivity contribution >= 4 is 11.7 Å². The average Bonchev–Trinajstić information content (AvgIpc) is 3.28. The van der Waals surface area contributed by atoms with Crippen LogP contribution in [0.3, 0.4) is 0 Å². The topological polar surface area (TPSA) is 44.4 Å². The highest BCUT2D eigenvalue weighted by atomic mass is 16.2. The Morgan fingerprint density at radius 3 is 2.33 bits per heavy atom. The lowest BCUT2D eigenvalue weighted by atomic mass is 10.1. The first kappa shape index (κ1) is 15.8. The van der Waals surface area contributed by atoms with Crippen LogP contribution in [-0.4, -0.2) is 30.6 Å². The van der Waals surface area contributed by atoms with Crippen molar-refractivity contribution in [1.82, 2.24) is 10.2 Å². The van der Waals surface area contributed by atoms with Gasteiger partial charge in [-0.2, -0.15) is 0 Å². The standard InChI is InChI=1S/C17H27N3O/c1-12(2)20(11-14-5-6-14)17(21)19-16-9-7-15(8-10-16)13(3)18-4/h7-10,12-14,18H,5-6,11H2,1-4H3,(H,19,21). The number of hydrogen-bond donors (Lipinski definition) is 2. The summed E-state index contributed by atoms with van der Waals surface area (Å²) in [6.07, 6.45) is 2.51. The van der Waals surface area contributed by atoms with Crippen LogP contribution in [-0.2, 0) is 0 Å². The molecule has 2 rings (SSSR count). The van der Waals surface area contributed by atoms with Crippen LogP contribution in [0.15, 0.2) is 24.3 Å². The predicted octanol–water partition coefficient (Wildman–Crippen LogP) is 3.62. The van der Waals surface area contributed by atoms with E-state index in [1.165, 1.54) is 18.4 Å². The van der Waals surface area contributed by atoms with Gasteiger partial charge in [-0.25, -0.2) is 4.79 Å². The van der Waals surface area contributed by atoms with E-state index in [0.717, 1.165) is 12.2 Å². The van der Waals surface area contributed by atoms with Crippen LogP contribution in [0.4, 0.5) is 10.5 Å². The second-order valence-corrected chi connectivity index (χ2v) is 6.25. The first-order chi connectivity index (χ1) is 10.0. The molecule has 1 aromatic rings. The third kappa shape index (κ3) is 4.46. The lowest BCUT2D eigenvalue weighted by molar-refractivity contribution is 0.194. The Morgan fingerprint density at radius 2 is 1.86 bits per heavy atom. The van der Waals surface area contributed by atoms with Gasteiger partial charge in [-0.3, -0.25) is 0 Å². The van der Waals surface area contributed by atoms with E-state index >= 15 is 0 Å². The van der Waals surface area contributed by atoms with Gasteiger partial charge in [-0.15, -0.1) is 0 Å². The number of hydrogen-bond acceptors (Lipinski definition) is 2. The van der Waals surface area contributed by atoms with Crippen molar-refractivity contribution in [3.63, 3.8) is 0 Å². The molecule has 2 amide bonds. The van der Waals surface area contributed by atoms with Crippen LogP contribution >= 0.6 is 0 Å². The Balaban J connectivity index is 1.97. The number of nitrogens with zero attached hydrogens (tertiary/aromatic N) is 1. The van der Waals surface area contributed by atoms with Crippen molar-refractivity contribution in [2.75, 3.05) is 18.9 Å². The molecule has 0 saturated heterocycles. The smallest absolute Gasteiger partial charge is 0.322 e. The highest BCUT2D eigenvalue weighted by Crippen LogP contribution is 2.30. The maximum atomic E-state index is 12.4. The van der Waals surface area contributed by atoms with Gasteiger partial charge in [-0.1, -0.05) is 12.1 Å². The fourth-order valence-electron chi connectivity index (χ4n) is 2.32. The van der Waals surface area contributed by atoms with Gasteiger partial charge in [0.25, 0.3) is 0 Å². The molecule has 0 radical (unpaired) electrons. The minimum Gasteiger partial charge on any atom is -0.322 e. The maximum Gasteiger partial charge on any atom is 0.322 e. The zero-order chi connectivity index (χ0) is 15.4. The molecule has 1 unspecified atom stereocenters. The fourth-order valence-corrected chi connectivity index (χ4v) is 2.32. The van der Waals surface area contributed by atoms with Gasteiger partial charge in [0.2, 0.25) is 0 Å². The molecule has 4 nitrogen and oxygen atoms in total. The number of amides is 2. The van der Waals surface area contributed by atoms with Gasteiger partial charge < -0.3 is 15.5 Å². The van der Waals surface area contributed by atoms with E-state index in [9.17, 15) is 4.79 Å². The zero-order valence-electron chi connectivity index (χ0n) is 13.5. The lowest BCUT2D eigenvalue weighted by Gasteiger charge is -2.27. The molecule has 0 aliphatic heterocycles. The number of nitrogens with one attached hydrogen (secondary N) is 2. The molecule has 1 aromatic carbocycles. The number of rotatable bonds is 6. The number of anilines is 1. The molecule has 1 aliphatic carbocycles. The normalized spacial score (nSPS) is 15.9. The molecule has 1 atom stereocenters. The molecule has 0 aromatic heterocycles.